The van der Waals surface area contributed by atoms with Gasteiger partial charge in [-0.3, -0.25) is 4.99 Å². The van der Waals surface area contributed by atoms with E-state index in [2.05, 4.69) is 15.6 Å². The third-order valence-corrected chi connectivity index (χ3v) is 3.82. The Balaban J connectivity index is 3.21. The van der Waals surface area contributed by atoms with E-state index in [1.54, 1.807) is 48.6 Å². The molecular weight excluding hydrogens is 384 g/mol. The summed E-state index contributed by atoms with van der Waals surface area (Å²) >= 11 is 0. The number of aliphatic imine (C=N–C) groups is 1. The summed E-state index contributed by atoms with van der Waals surface area (Å²) in [6.45, 7) is 15.1. The van der Waals surface area contributed by atoms with Crippen LogP contribution in [0.3, 0.4) is 0 Å². The van der Waals surface area contributed by atoms with Crippen molar-refractivity contribution in [3.05, 3.63) is 29.3 Å². The van der Waals surface area contributed by atoms with E-state index in [4.69, 9.17) is 9.47 Å². The fraction of sp³-hybridized carbons (Fsp3) is 0.591. The van der Waals surface area contributed by atoms with Crippen molar-refractivity contribution >= 4 is 23.8 Å². The summed E-state index contributed by atoms with van der Waals surface area (Å²) in [5.41, 5.74) is 1.00. The first-order valence-electron chi connectivity index (χ1n) is 10.1. The van der Waals surface area contributed by atoms with Crippen LogP contribution in [0.25, 0.3) is 0 Å². The largest absolute Gasteiger partial charge is 0.443 e. The summed E-state index contributed by atoms with van der Waals surface area (Å²) in [5.74, 6) is 0.633. The number of hydrogen-bond donors (Lipinski definition) is 2. The van der Waals surface area contributed by atoms with E-state index < -0.39 is 23.4 Å². The lowest BCUT2D eigenvalue weighted by Crippen LogP contribution is -2.43. The third-order valence-electron chi connectivity index (χ3n) is 3.82. The van der Waals surface area contributed by atoms with Crippen molar-refractivity contribution in [2.45, 2.75) is 73.1 Å². The molecule has 0 aromatic heterocycles. The molecule has 0 saturated heterocycles. The predicted octanol–water partition coefficient (Wildman–Crippen LogP) is 4.67. The lowest BCUT2D eigenvalue weighted by Gasteiger charge is -2.29. The van der Waals surface area contributed by atoms with Crippen molar-refractivity contribution in [1.29, 1.82) is 0 Å². The minimum Gasteiger partial charge on any atom is -0.443 e. The Kier molecular flexibility index (Phi) is 8.69. The van der Waals surface area contributed by atoms with Crippen LogP contribution in [0.4, 0.5) is 15.3 Å². The van der Waals surface area contributed by atoms with Crippen LogP contribution in [0.2, 0.25) is 0 Å². The Labute approximate surface area is 180 Å². The number of hydrogen-bond acceptors (Lipinski definition) is 5. The topological polar surface area (TPSA) is 92.3 Å². The number of amides is 2. The highest BCUT2D eigenvalue weighted by Gasteiger charge is 2.31. The van der Waals surface area contributed by atoms with E-state index in [-0.39, 0.29) is 6.54 Å². The SMILES string of the molecule is CCNC(=NC)Nc1cccc(CN(C(=O)OC(C)(C)C)C(=O)OC(C)(C)C)c1C. The van der Waals surface area contributed by atoms with Gasteiger partial charge in [0.1, 0.15) is 11.2 Å². The monoisotopic (exact) mass is 420 g/mol. The van der Waals surface area contributed by atoms with E-state index >= 15 is 0 Å². The molecule has 8 nitrogen and oxygen atoms in total. The zero-order valence-electron chi connectivity index (χ0n) is 19.7. The van der Waals surface area contributed by atoms with Gasteiger partial charge in [0.15, 0.2) is 5.96 Å². The van der Waals surface area contributed by atoms with Gasteiger partial charge in [0.25, 0.3) is 0 Å². The first-order valence-corrected chi connectivity index (χ1v) is 10.1. The zero-order valence-corrected chi connectivity index (χ0v) is 19.7. The molecule has 1 rings (SSSR count). The van der Waals surface area contributed by atoms with E-state index in [1.807, 2.05) is 32.0 Å². The quantitative estimate of drug-likeness (QED) is 0.543. The molecule has 2 N–H and O–H groups in total. The van der Waals surface area contributed by atoms with E-state index in [0.717, 1.165) is 28.3 Å². The van der Waals surface area contributed by atoms with Gasteiger partial charge >= 0.3 is 12.2 Å². The fourth-order valence-electron chi connectivity index (χ4n) is 2.47. The van der Waals surface area contributed by atoms with Crippen LogP contribution in [0.5, 0.6) is 0 Å². The molecule has 0 spiro atoms. The standard InChI is InChI=1S/C22H36N4O4/c1-10-24-18(23-9)25-17-13-11-12-16(15(17)2)14-26(19(27)29-21(3,4)5)20(28)30-22(6,7)8/h11-13H,10,14H2,1-9H3,(H2,23,24,25). The van der Waals surface area contributed by atoms with Crippen LogP contribution in [-0.4, -0.2) is 47.8 Å². The molecule has 0 unspecified atom stereocenters. The van der Waals surface area contributed by atoms with Crippen LogP contribution >= 0.6 is 0 Å². The summed E-state index contributed by atoms with van der Waals surface area (Å²) in [5, 5.41) is 6.37. The van der Waals surface area contributed by atoms with Gasteiger partial charge in [0, 0.05) is 19.3 Å². The number of carbonyl (C=O) groups excluding carboxylic acids is 2. The Morgan fingerprint density at radius 3 is 2.00 bits per heavy atom. The van der Waals surface area contributed by atoms with Crippen LogP contribution in [0, 0.1) is 6.92 Å². The van der Waals surface area contributed by atoms with Crippen molar-refractivity contribution < 1.29 is 19.1 Å². The van der Waals surface area contributed by atoms with Crippen molar-refractivity contribution in [3.8, 4) is 0 Å². The van der Waals surface area contributed by atoms with Gasteiger partial charge in [-0.05, 0) is 72.6 Å². The van der Waals surface area contributed by atoms with Crippen molar-refractivity contribution in [3.63, 3.8) is 0 Å². The molecule has 168 valence electrons. The number of guanidine groups is 1. The van der Waals surface area contributed by atoms with Crippen LogP contribution < -0.4 is 10.6 Å². The second-order valence-corrected chi connectivity index (χ2v) is 8.86. The molecule has 2 amide bonds. The number of carbonyl (C=O) groups is 2. The highest BCUT2D eigenvalue weighted by Crippen LogP contribution is 2.23. The lowest BCUT2D eigenvalue weighted by molar-refractivity contribution is -0.000266. The number of ether oxygens (including phenoxy) is 2. The fourth-order valence-corrected chi connectivity index (χ4v) is 2.47. The number of nitrogens with one attached hydrogen (secondary N) is 2. The smallest absolute Gasteiger partial charge is 0.420 e. The molecule has 0 fully saturated rings. The van der Waals surface area contributed by atoms with Crippen molar-refractivity contribution in [1.82, 2.24) is 10.2 Å². The zero-order chi connectivity index (χ0) is 23.1. The minimum absolute atomic E-state index is 0.0188. The Morgan fingerprint density at radius 1 is 1.03 bits per heavy atom. The van der Waals surface area contributed by atoms with Crippen LogP contribution in [-0.2, 0) is 16.0 Å². The summed E-state index contributed by atoms with van der Waals surface area (Å²) in [4.78, 5) is 30.7. The number of rotatable bonds is 4. The average Bonchev–Trinajstić information content (AvgIpc) is 2.58. The molecule has 0 aliphatic rings. The molecule has 0 saturated carbocycles. The van der Waals surface area contributed by atoms with E-state index in [9.17, 15) is 9.59 Å². The first-order chi connectivity index (χ1) is 13.8. The Morgan fingerprint density at radius 2 is 1.57 bits per heavy atom. The molecule has 0 bridgehead atoms. The summed E-state index contributed by atoms with van der Waals surface area (Å²) in [6.07, 6.45) is -1.50. The Bertz CT molecular complexity index is 748. The second kappa shape index (κ2) is 10.3. The average molecular weight is 421 g/mol. The van der Waals surface area contributed by atoms with Crippen LogP contribution in [0.15, 0.2) is 23.2 Å². The molecule has 0 radical (unpaired) electrons. The predicted molar refractivity (Wildman–Crippen MR) is 120 cm³/mol. The Hall–Kier alpha value is -2.77. The van der Waals surface area contributed by atoms with Crippen LogP contribution in [0.1, 0.15) is 59.6 Å². The van der Waals surface area contributed by atoms with Crippen molar-refractivity contribution in [2.24, 2.45) is 4.99 Å². The number of anilines is 1. The highest BCUT2D eigenvalue weighted by atomic mass is 16.6. The van der Waals surface area contributed by atoms with Gasteiger partial charge in [-0.15, -0.1) is 0 Å². The molecule has 0 atom stereocenters. The van der Waals surface area contributed by atoms with E-state index in [0.29, 0.717) is 5.96 Å². The second-order valence-electron chi connectivity index (χ2n) is 8.86. The number of nitrogens with zero attached hydrogens (tertiary/aromatic N) is 2. The minimum atomic E-state index is -0.752. The molecular formula is C22H36N4O4. The lowest BCUT2D eigenvalue weighted by atomic mass is 10.1. The summed E-state index contributed by atoms with van der Waals surface area (Å²) in [6, 6.07) is 5.62. The third kappa shape index (κ3) is 8.31. The van der Waals surface area contributed by atoms with E-state index in [1.165, 1.54) is 0 Å². The maximum atomic E-state index is 12.8. The highest BCUT2D eigenvalue weighted by molar-refractivity contribution is 5.94. The molecule has 0 aliphatic heterocycles. The molecule has 1 aromatic carbocycles. The molecule has 8 heteroatoms. The molecule has 0 aliphatic carbocycles. The molecule has 0 heterocycles. The van der Waals surface area contributed by atoms with Gasteiger partial charge in [-0.2, -0.15) is 0 Å². The van der Waals surface area contributed by atoms with Crippen molar-refractivity contribution in [2.75, 3.05) is 18.9 Å². The van der Waals surface area contributed by atoms with Gasteiger partial charge in [0.05, 0.1) is 6.54 Å². The van der Waals surface area contributed by atoms with Gasteiger partial charge in [0.2, 0.25) is 0 Å². The normalized spacial score (nSPS) is 12.2. The number of benzene rings is 1. The maximum absolute atomic E-state index is 12.8. The summed E-state index contributed by atoms with van der Waals surface area (Å²) in [7, 11) is 1.69. The van der Waals surface area contributed by atoms with Gasteiger partial charge in [-0.1, -0.05) is 12.1 Å². The molecule has 1 aromatic rings. The van der Waals surface area contributed by atoms with Gasteiger partial charge < -0.3 is 20.1 Å². The maximum Gasteiger partial charge on any atom is 0.420 e. The number of imide groups is 1. The van der Waals surface area contributed by atoms with Gasteiger partial charge in [-0.25, -0.2) is 14.5 Å². The molecule has 30 heavy (non-hydrogen) atoms. The first kappa shape index (κ1) is 25.3. The summed E-state index contributed by atoms with van der Waals surface area (Å²) < 4.78 is 10.9.